The fourth-order valence-corrected chi connectivity index (χ4v) is 5.12. The molecule has 0 unspecified atom stereocenters. The standard InChI is InChI=1S/C28H36/c1-2-4-6-8-10-12-20-26-25-19-14-13-17-24(25)22-28-23(18-15-21-27(26)28)16-11-9-7-5-3-1/h13-15,17-19,21-22H,1-12,16,20H2. The summed E-state index contributed by atoms with van der Waals surface area (Å²) in [5.41, 5.74) is 3.15. The number of fused-ring (bicyclic) bond motifs is 2. The minimum atomic E-state index is 1.22. The van der Waals surface area contributed by atoms with E-state index in [-0.39, 0.29) is 0 Å². The molecule has 0 radical (unpaired) electrons. The van der Waals surface area contributed by atoms with Gasteiger partial charge in [-0.05, 0) is 64.4 Å². The summed E-state index contributed by atoms with van der Waals surface area (Å²) < 4.78 is 0. The molecule has 0 aliphatic heterocycles. The van der Waals surface area contributed by atoms with Crippen LogP contribution in [-0.4, -0.2) is 0 Å². The topological polar surface area (TPSA) is 0 Å². The summed E-state index contributed by atoms with van der Waals surface area (Å²) >= 11 is 0. The van der Waals surface area contributed by atoms with Crippen molar-refractivity contribution in [3.8, 4) is 0 Å². The van der Waals surface area contributed by atoms with Gasteiger partial charge in [0, 0.05) is 0 Å². The lowest BCUT2D eigenvalue weighted by atomic mass is 9.90. The summed E-state index contributed by atoms with van der Waals surface area (Å²) in [4.78, 5) is 0. The molecule has 3 aromatic rings. The summed E-state index contributed by atoms with van der Waals surface area (Å²) in [5.74, 6) is 0. The molecule has 0 heteroatoms. The van der Waals surface area contributed by atoms with Crippen molar-refractivity contribution in [3.05, 3.63) is 59.7 Å². The van der Waals surface area contributed by atoms with Crippen molar-refractivity contribution < 1.29 is 0 Å². The monoisotopic (exact) mass is 372 g/mol. The first-order valence-corrected chi connectivity index (χ1v) is 11.9. The highest BCUT2D eigenvalue weighted by atomic mass is 14.1. The van der Waals surface area contributed by atoms with Crippen LogP contribution < -0.4 is 0 Å². The molecule has 148 valence electrons. The smallest absolute Gasteiger partial charge is 0.0143 e. The molecule has 0 fully saturated rings. The molecular weight excluding hydrogens is 336 g/mol. The Bertz CT molecular complexity index is 889. The van der Waals surface area contributed by atoms with Crippen LogP contribution in [0.15, 0.2) is 48.5 Å². The zero-order chi connectivity index (χ0) is 19.0. The van der Waals surface area contributed by atoms with Crippen LogP contribution in [0.3, 0.4) is 0 Å². The van der Waals surface area contributed by atoms with Gasteiger partial charge in [-0.3, -0.25) is 0 Å². The molecule has 0 saturated heterocycles. The second-order valence-corrected chi connectivity index (χ2v) is 8.83. The molecule has 4 bridgehead atoms. The average molecular weight is 373 g/mol. The number of rotatable bonds is 0. The zero-order valence-electron chi connectivity index (χ0n) is 17.5. The van der Waals surface area contributed by atoms with Crippen LogP contribution in [0, 0.1) is 0 Å². The molecule has 0 saturated carbocycles. The third kappa shape index (κ3) is 4.77. The van der Waals surface area contributed by atoms with Crippen molar-refractivity contribution in [1.82, 2.24) is 0 Å². The molecule has 0 aromatic heterocycles. The van der Waals surface area contributed by atoms with Gasteiger partial charge < -0.3 is 0 Å². The minimum Gasteiger partial charge on any atom is -0.0616 e. The highest BCUT2D eigenvalue weighted by molar-refractivity contribution is 6.03. The Morgan fingerprint density at radius 2 is 1.00 bits per heavy atom. The van der Waals surface area contributed by atoms with Gasteiger partial charge in [-0.25, -0.2) is 0 Å². The van der Waals surface area contributed by atoms with E-state index in [1.54, 1.807) is 11.1 Å². The molecule has 1 aliphatic carbocycles. The number of benzene rings is 3. The summed E-state index contributed by atoms with van der Waals surface area (Å²) in [6.45, 7) is 0. The first kappa shape index (κ1) is 19.5. The number of aryl methyl sites for hydroxylation is 2. The van der Waals surface area contributed by atoms with Crippen LogP contribution in [0.25, 0.3) is 21.5 Å². The average Bonchev–Trinajstić information content (AvgIpc) is 2.73. The maximum absolute atomic E-state index is 2.46. The van der Waals surface area contributed by atoms with E-state index in [1.165, 1.54) is 111 Å². The van der Waals surface area contributed by atoms with Crippen LogP contribution in [0.4, 0.5) is 0 Å². The zero-order valence-corrected chi connectivity index (χ0v) is 17.5. The van der Waals surface area contributed by atoms with E-state index in [4.69, 9.17) is 0 Å². The molecule has 0 heterocycles. The second kappa shape index (κ2) is 10.1. The predicted octanol–water partition coefficient (Wildman–Crippen LogP) is 8.77. The van der Waals surface area contributed by atoms with Crippen LogP contribution in [0.2, 0.25) is 0 Å². The van der Waals surface area contributed by atoms with Gasteiger partial charge in [0.2, 0.25) is 0 Å². The minimum absolute atomic E-state index is 1.22. The molecule has 0 spiro atoms. The van der Waals surface area contributed by atoms with Crippen molar-refractivity contribution in [2.75, 3.05) is 0 Å². The van der Waals surface area contributed by atoms with Crippen molar-refractivity contribution in [1.29, 1.82) is 0 Å². The maximum Gasteiger partial charge on any atom is -0.0143 e. The van der Waals surface area contributed by atoms with Crippen LogP contribution in [-0.2, 0) is 12.8 Å². The quantitative estimate of drug-likeness (QED) is 0.346. The Morgan fingerprint density at radius 3 is 1.71 bits per heavy atom. The number of hydrogen-bond acceptors (Lipinski definition) is 0. The van der Waals surface area contributed by atoms with Gasteiger partial charge in [0.1, 0.15) is 0 Å². The van der Waals surface area contributed by atoms with Crippen LogP contribution in [0.1, 0.15) is 88.2 Å². The fourth-order valence-electron chi connectivity index (χ4n) is 5.12. The predicted molar refractivity (Wildman–Crippen MR) is 124 cm³/mol. The van der Waals surface area contributed by atoms with Crippen LogP contribution in [0.5, 0.6) is 0 Å². The highest BCUT2D eigenvalue weighted by Gasteiger charge is 2.10. The lowest BCUT2D eigenvalue weighted by molar-refractivity contribution is 0.541. The third-order valence-electron chi connectivity index (χ3n) is 6.73. The molecule has 0 N–H and O–H groups in total. The Balaban J connectivity index is 1.67. The van der Waals surface area contributed by atoms with E-state index in [0.717, 1.165) is 0 Å². The van der Waals surface area contributed by atoms with E-state index < -0.39 is 0 Å². The normalized spacial score (nSPS) is 18.1. The fraction of sp³-hybridized carbons (Fsp3) is 0.500. The molecule has 28 heavy (non-hydrogen) atoms. The summed E-state index contributed by atoms with van der Waals surface area (Å²) in [6, 6.07) is 18.6. The second-order valence-electron chi connectivity index (χ2n) is 8.83. The van der Waals surface area contributed by atoms with Crippen molar-refractivity contribution in [3.63, 3.8) is 0 Å². The summed E-state index contributed by atoms with van der Waals surface area (Å²) in [7, 11) is 0. The van der Waals surface area contributed by atoms with Gasteiger partial charge in [-0.15, -0.1) is 0 Å². The molecule has 3 aromatic carbocycles. The largest absolute Gasteiger partial charge is 0.0616 e. The van der Waals surface area contributed by atoms with Gasteiger partial charge in [-0.1, -0.05) is 107 Å². The van der Waals surface area contributed by atoms with E-state index in [0.29, 0.717) is 0 Å². The SMILES string of the molecule is c1ccc2c3c4cccc(c4cc2c1)CCCCCCCCCCCCCC3. The molecule has 0 amide bonds. The first-order chi connectivity index (χ1) is 13.9. The van der Waals surface area contributed by atoms with Gasteiger partial charge in [-0.2, -0.15) is 0 Å². The Hall–Kier alpha value is -1.82. The molecule has 0 nitrogen and oxygen atoms in total. The lowest BCUT2D eigenvalue weighted by Gasteiger charge is -2.15. The van der Waals surface area contributed by atoms with Crippen molar-refractivity contribution >= 4 is 21.5 Å². The number of hydrogen-bond donors (Lipinski definition) is 0. The van der Waals surface area contributed by atoms with E-state index in [2.05, 4.69) is 48.5 Å². The Kier molecular flexibility index (Phi) is 7.03. The summed E-state index contributed by atoms with van der Waals surface area (Å²) in [5, 5.41) is 5.92. The molecule has 1 aliphatic rings. The van der Waals surface area contributed by atoms with Crippen molar-refractivity contribution in [2.45, 2.75) is 89.9 Å². The van der Waals surface area contributed by atoms with Crippen molar-refractivity contribution in [2.24, 2.45) is 0 Å². The highest BCUT2D eigenvalue weighted by Crippen LogP contribution is 2.32. The van der Waals surface area contributed by atoms with E-state index in [9.17, 15) is 0 Å². The van der Waals surface area contributed by atoms with Gasteiger partial charge >= 0.3 is 0 Å². The van der Waals surface area contributed by atoms with Crippen LogP contribution >= 0.6 is 0 Å². The third-order valence-corrected chi connectivity index (χ3v) is 6.73. The molecular formula is C28H36. The maximum atomic E-state index is 2.46. The Morgan fingerprint density at radius 1 is 0.429 bits per heavy atom. The lowest BCUT2D eigenvalue weighted by Crippen LogP contribution is -1.95. The molecule has 4 rings (SSSR count). The van der Waals surface area contributed by atoms with Gasteiger partial charge in [0.15, 0.2) is 0 Å². The van der Waals surface area contributed by atoms with Gasteiger partial charge in [0.05, 0.1) is 0 Å². The van der Waals surface area contributed by atoms with Gasteiger partial charge in [0.25, 0.3) is 0 Å². The summed E-state index contributed by atoms with van der Waals surface area (Å²) in [6.07, 6.45) is 19.4. The van der Waals surface area contributed by atoms with E-state index >= 15 is 0 Å². The molecule has 0 atom stereocenters. The van der Waals surface area contributed by atoms with E-state index in [1.807, 2.05) is 0 Å². The Labute approximate surface area is 171 Å². The first-order valence-electron chi connectivity index (χ1n) is 11.9.